The lowest BCUT2D eigenvalue weighted by Gasteiger charge is -2.35. The van der Waals surface area contributed by atoms with Crippen LogP contribution in [0.2, 0.25) is 10.0 Å². The lowest BCUT2D eigenvalue weighted by Crippen LogP contribution is -2.41. The maximum absolute atomic E-state index is 13.8. The van der Waals surface area contributed by atoms with Gasteiger partial charge in [0.05, 0.1) is 38.4 Å². The van der Waals surface area contributed by atoms with Crippen LogP contribution in [0.4, 0.5) is 14.0 Å². The van der Waals surface area contributed by atoms with E-state index in [0.29, 0.717) is 39.3 Å². The fourth-order valence-corrected chi connectivity index (χ4v) is 15.6. The Morgan fingerprint density at radius 3 is 1.63 bits per heavy atom. The molecule has 4 atom stereocenters. The van der Waals surface area contributed by atoms with Gasteiger partial charge in [-0.2, -0.15) is 0 Å². The molecule has 2 amide bonds. The highest BCUT2D eigenvalue weighted by Crippen LogP contribution is 2.42. The van der Waals surface area contributed by atoms with Gasteiger partial charge in [0, 0.05) is 107 Å². The molecule has 0 fully saturated rings. The molecule has 4 aliphatic heterocycles. The molecule has 18 heteroatoms. The van der Waals surface area contributed by atoms with Crippen LogP contribution in [0.15, 0.2) is 211 Å². The number of H-pyrrole nitrogens is 4. The van der Waals surface area contributed by atoms with Gasteiger partial charge in [-0.1, -0.05) is 154 Å². The van der Waals surface area contributed by atoms with E-state index >= 15 is 0 Å². The van der Waals surface area contributed by atoms with Crippen LogP contribution >= 0.6 is 39.1 Å². The van der Waals surface area contributed by atoms with E-state index in [-0.39, 0.29) is 42.2 Å². The van der Waals surface area contributed by atoms with Crippen molar-refractivity contribution in [3.05, 3.63) is 305 Å². The minimum atomic E-state index is -0.325. The molecular weight excluding hydrogens is 1390 g/mol. The van der Waals surface area contributed by atoms with Gasteiger partial charge in [0.2, 0.25) is 0 Å². The minimum absolute atomic E-state index is 0.0497. The summed E-state index contributed by atoms with van der Waals surface area (Å²) in [5.74, 6) is 1.51. The number of hydrogen-bond acceptors (Lipinski definition) is 8. The number of nitrogens with one attached hydrogen (secondary N) is 6. The van der Waals surface area contributed by atoms with E-state index in [0.717, 1.165) is 120 Å². The molecule has 9 aromatic carbocycles. The number of ether oxygens (including phenoxy) is 4. The maximum Gasteiger partial charge on any atom is 0.410 e. The molecule has 0 radical (unpaired) electrons. The number of aromatic nitrogens is 4. The summed E-state index contributed by atoms with van der Waals surface area (Å²) in [5, 5.41) is 13.4. The van der Waals surface area contributed by atoms with Gasteiger partial charge in [-0.05, 0) is 200 Å². The van der Waals surface area contributed by atoms with Crippen molar-refractivity contribution in [3.8, 4) is 11.5 Å². The molecule has 14 nitrogen and oxygen atoms in total. The van der Waals surface area contributed by atoms with Gasteiger partial charge in [0.15, 0.2) is 0 Å². The Kier molecular flexibility index (Phi) is 21.2. The maximum atomic E-state index is 13.8. The van der Waals surface area contributed by atoms with Crippen LogP contribution in [-0.4, -0.2) is 88.4 Å². The summed E-state index contributed by atoms with van der Waals surface area (Å²) in [7, 11) is 1.70. The van der Waals surface area contributed by atoms with Crippen molar-refractivity contribution in [1.29, 1.82) is 0 Å². The van der Waals surface area contributed by atoms with Gasteiger partial charge in [0.1, 0.15) is 30.0 Å². The Morgan fingerprint density at radius 2 is 1.01 bits per heavy atom. The first-order valence-electron chi connectivity index (χ1n) is 34.8. The molecule has 17 rings (SSSR count). The normalized spacial score (nSPS) is 16.6. The Hall–Kier alpha value is -9.81. The predicted octanol–water partition coefficient (Wildman–Crippen LogP) is 19.6. The molecular formula is C84H80BrCl2FN8O6. The number of aromatic amines is 4. The second kappa shape index (κ2) is 31.2. The predicted molar refractivity (Wildman–Crippen MR) is 409 cm³/mol. The van der Waals surface area contributed by atoms with E-state index in [2.05, 4.69) is 131 Å². The summed E-state index contributed by atoms with van der Waals surface area (Å²) >= 11 is 16.0. The molecule has 0 aliphatic carbocycles. The number of amides is 2. The molecule has 102 heavy (non-hydrogen) atoms. The second-order valence-electron chi connectivity index (χ2n) is 26.0. The van der Waals surface area contributed by atoms with Gasteiger partial charge in [-0.15, -0.1) is 0 Å². The van der Waals surface area contributed by atoms with Crippen LogP contribution in [0.25, 0.3) is 43.6 Å². The number of carbonyl (C=O) groups excluding carboxylic acids is 2. The van der Waals surface area contributed by atoms with E-state index < -0.39 is 0 Å². The second-order valence-corrected chi connectivity index (χ2v) is 27.8. The van der Waals surface area contributed by atoms with E-state index in [1.54, 1.807) is 31.1 Å². The third kappa shape index (κ3) is 14.9. The average Bonchev–Trinajstić information content (AvgIpc) is 1.55. The highest BCUT2D eigenvalue weighted by molar-refractivity contribution is 9.10. The highest BCUT2D eigenvalue weighted by atomic mass is 79.9. The van der Waals surface area contributed by atoms with E-state index in [9.17, 15) is 14.0 Å². The number of halogens is 4. The van der Waals surface area contributed by atoms with Crippen molar-refractivity contribution in [2.75, 3.05) is 46.5 Å². The molecule has 13 aromatic rings. The Morgan fingerprint density at radius 1 is 0.500 bits per heavy atom. The number of aryl methyl sites for hydroxylation is 1. The van der Waals surface area contributed by atoms with Crippen molar-refractivity contribution < 1.29 is 32.9 Å². The number of carbonyl (C=O) groups is 2. The molecule has 0 saturated heterocycles. The number of rotatable bonds is 11. The number of methoxy groups -OCH3 is 1. The summed E-state index contributed by atoms with van der Waals surface area (Å²) in [6.07, 6.45) is 3.71. The monoisotopic (exact) mass is 1460 g/mol. The average molecular weight is 1470 g/mol. The standard InChI is InChI=1S/C24H21ClN2O.C21H21BrN2O2.C21H21FN2O2.C18H17ClN2O/c25-18-8-11-22-21(14-18)20-12-13-26-23(24(20)27-22)17-6-9-19(10-7-17)28-15-16-4-2-1-3-5-16;1-2-26-21(25)24-11-10-16-17-13-15(22)8-9-18(17)23-20(16)19(24)12-14-6-4-3-5-7-14;1-3-26-21(25)24-11-10-16-17-12-15(22)8-9-18(17)23-19(16)20(24)14-6-4-13(2)5-7-14;1-22-13-4-2-3-11(9-13)17-18-14(7-8-20-17)15-10-12(19)5-6-16(15)21-18/h1-11,14,23,26-27H,12-13,15H2;3-9,13,19,23H,2,10-12H2,1H3;4-9,12,20,23H,3,10-11H2,1-2H3;2-6,9-10,17,20-21H,7-8H2,1H3. The zero-order valence-corrected chi connectivity index (χ0v) is 60.4. The lowest BCUT2D eigenvalue weighted by molar-refractivity contribution is 0.0856. The molecule has 520 valence electrons. The van der Waals surface area contributed by atoms with E-state index in [4.69, 9.17) is 42.1 Å². The molecule has 0 spiro atoms. The van der Waals surface area contributed by atoms with Crippen LogP contribution in [0, 0.1) is 12.7 Å². The van der Waals surface area contributed by atoms with Crippen LogP contribution < -0.4 is 20.1 Å². The van der Waals surface area contributed by atoms with Crippen molar-refractivity contribution in [3.63, 3.8) is 0 Å². The highest BCUT2D eigenvalue weighted by Gasteiger charge is 2.37. The topological polar surface area (TPSA) is 165 Å². The zero-order chi connectivity index (χ0) is 70.4. The SMILES string of the molecule is CCOC(=O)N1CCc2c([nH]c3ccc(Br)cc23)C1Cc1ccccc1.CCOC(=O)N1CCc2c([nH]c3ccc(F)cc23)C1c1ccc(C)cc1.COc1cccc(C2NCCc3c2[nH]c2ccc(Cl)cc32)c1.Clc1ccc2[nH]c3c(c2c1)CCNC3c1ccc(OCc2ccccc2)cc1. The fourth-order valence-electron chi connectivity index (χ4n) is 14.9. The Balaban J connectivity index is 0.000000116. The van der Waals surface area contributed by atoms with Gasteiger partial charge in [0.25, 0.3) is 0 Å². The largest absolute Gasteiger partial charge is 0.497 e. The Bertz CT molecular complexity index is 5120. The van der Waals surface area contributed by atoms with Crippen LogP contribution in [0.1, 0.15) is 116 Å². The molecule has 6 N–H and O–H groups in total. The van der Waals surface area contributed by atoms with E-state index in [1.165, 1.54) is 72.6 Å². The van der Waals surface area contributed by atoms with Gasteiger partial charge < -0.3 is 49.5 Å². The minimum Gasteiger partial charge on any atom is -0.497 e. The molecule has 4 unspecified atom stereocenters. The van der Waals surface area contributed by atoms with Crippen LogP contribution in [0.3, 0.4) is 0 Å². The van der Waals surface area contributed by atoms with Crippen molar-refractivity contribution >= 4 is 94.9 Å². The fraction of sp³-hybridized carbons (Fsp3) is 0.238. The quantitative estimate of drug-likeness (QED) is 0.0745. The summed E-state index contributed by atoms with van der Waals surface area (Å²) in [4.78, 5) is 42.9. The summed E-state index contributed by atoms with van der Waals surface area (Å²) < 4.78 is 36.7. The Labute approximate surface area is 611 Å². The number of benzene rings is 9. The van der Waals surface area contributed by atoms with Crippen molar-refractivity contribution in [2.45, 2.75) is 83.6 Å². The summed E-state index contributed by atoms with van der Waals surface area (Å²) in [6, 6.07) is 68.4. The summed E-state index contributed by atoms with van der Waals surface area (Å²) in [6.45, 7) is 10.1. The number of fused-ring (bicyclic) bond motifs is 12. The lowest BCUT2D eigenvalue weighted by atomic mass is 9.92. The smallest absolute Gasteiger partial charge is 0.410 e. The zero-order valence-electron chi connectivity index (χ0n) is 57.3. The molecule has 8 heterocycles. The van der Waals surface area contributed by atoms with Gasteiger partial charge in [-0.3, -0.25) is 9.80 Å². The number of hydrogen-bond donors (Lipinski definition) is 6. The van der Waals surface area contributed by atoms with Crippen molar-refractivity contribution in [1.82, 2.24) is 40.4 Å². The van der Waals surface area contributed by atoms with Gasteiger partial charge >= 0.3 is 12.2 Å². The van der Waals surface area contributed by atoms with Crippen LogP contribution in [-0.2, 0) is 48.2 Å². The molecule has 4 aliphatic rings. The third-order valence-electron chi connectivity index (χ3n) is 19.7. The first-order chi connectivity index (χ1) is 49.8. The first kappa shape index (κ1) is 69.3. The number of nitrogens with zero attached hydrogens (tertiary/aromatic N) is 2. The molecule has 0 saturated carbocycles. The van der Waals surface area contributed by atoms with E-state index in [1.807, 2.05) is 122 Å². The molecule has 0 bridgehead atoms. The van der Waals surface area contributed by atoms with Gasteiger partial charge in [-0.25, -0.2) is 14.0 Å². The van der Waals surface area contributed by atoms with Crippen LogP contribution in [0.5, 0.6) is 11.5 Å². The summed E-state index contributed by atoms with van der Waals surface area (Å²) in [5.41, 5.74) is 20.9. The first-order valence-corrected chi connectivity index (χ1v) is 36.4. The van der Waals surface area contributed by atoms with Crippen molar-refractivity contribution in [2.24, 2.45) is 0 Å². The molecule has 4 aromatic heterocycles. The third-order valence-corrected chi connectivity index (χ3v) is 20.7.